The Balaban J connectivity index is 1.51. The molecule has 136 valence electrons. The number of morpholine rings is 1. The van der Waals surface area contributed by atoms with Gasteiger partial charge < -0.3 is 19.1 Å². The summed E-state index contributed by atoms with van der Waals surface area (Å²) < 4.78 is 7.48. The lowest BCUT2D eigenvalue weighted by Gasteiger charge is -2.26. The van der Waals surface area contributed by atoms with Crippen LogP contribution in [0.4, 0.5) is 11.1 Å². The predicted molar refractivity (Wildman–Crippen MR) is 102 cm³/mol. The Hall–Kier alpha value is -2.52. The van der Waals surface area contributed by atoms with E-state index in [-0.39, 0.29) is 0 Å². The Morgan fingerprint density at radius 3 is 2.65 bits per heavy atom. The Bertz CT molecular complexity index is 852. The second kappa shape index (κ2) is 7.38. The van der Waals surface area contributed by atoms with Crippen LogP contribution >= 0.6 is 11.3 Å². The van der Waals surface area contributed by atoms with E-state index < -0.39 is 0 Å². The molecule has 3 aromatic heterocycles. The van der Waals surface area contributed by atoms with Gasteiger partial charge in [-0.3, -0.25) is 0 Å². The third-order valence-corrected chi connectivity index (χ3v) is 5.12. The quantitative estimate of drug-likeness (QED) is 0.676. The van der Waals surface area contributed by atoms with E-state index in [1.807, 2.05) is 25.2 Å². The third kappa shape index (κ3) is 3.54. The molecule has 26 heavy (non-hydrogen) atoms. The van der Waals surface area contributed by atoms with Crippen molar-refractivity contribution in [2.75, 3.05) is 50.2 Å². The maximum atomic E-state index is 5.41. The number of rotatable bonds is 5. The first-order chi connectivity index (χ1) is 12.7. The smallest absolute Gasteiger partial charge is 0.224 e. The van der Waals surface area contributed by atoms with E-state index in [1.54, 1.807) is 29.9 Å². The fourth-order valence-corrected chi connectivity index (χ4v) is 3.68. The molecule has 0 aliphatic carbocycles. The highest BCUT2D eigenvalue weighted by molar-refractivity contribution is 7.13. The maximum absolute atomic E-state index is 5.41. The second-order valence-electron chi connectivity index (χ2n) is 6.27. The van der Waals surface area contributed by atoms with E-state index in [0.29, 0.717) is 12.5 Å². The van der Waals surface area contributed by atoms with E-state index in [2.05, 4.69) is 29.8 Å². The number of aromatic nitrogens is 5. The average molecular weight is 371 g/mol. The van der Waals surface area contributed by atoms with Gasteiger partial charge in [0.2, 0.25) is 5.95 Å². The predicted octanol–water partition coefficient (Wildman–Crippen LogP) is 1.75. The third-order valence-electron chi connectivity index (χ3n) is 4.17. The molecule has 4 rings (SSSR count). The zero-order chi connectivity index (χ0) is 17.9. The van der Waals surface area contributed by atoms with Gasteiger partial charge in [-0.05, 0) is 0 Å². The van der Waals surface area contributed by atoms with Crippen molar-refractivity contribution in [2.24, 2.45) is 0 Å². The molecule has 0 unspecified atom stereocenters. The molecule has 9 heteroatoms. The summed E-state index contributed by atoms with van der Waals surface area (Å²) in [7, 11) is 3.84. The Morgan fingerprint density at radius 1 is 1.15 bits per heavy atom. The minimum atomic E-state index is 0.672. The van der Waals surface area contributed by atoms with Crippen LogP contribution in [0.5, 0.6) is 0 Å². The van der Waals surface area contributed by atoms with Gasteiger partial charge >= 0.3 is 0 Å². The van der Waals surface area contributed by atoms with Crippen molar-refractivity contribution >= 4 is 22.4 Å². The molecule has 0 bridgehead atoms. The molecule has 0 atom stereocenters. The molecule has 1 aliphatic heterocycles. The lowest BCUT2D eigenvalue weighted by atomic mass is 10.3. The van der Waals surface area contributed by atoms with Crippen molar-refractivity contribution in [3.63, 3.8) is 0 Å². The minimum absolute atomic E-state index is 0.672. The lowest BCUT2D eigenvalue weighted by molar-refractivity contribution is 0.122. The number of hydrogen-bond donors (Lipinski definition) is 0. The van der Waals surface area contributed by atoms with Crippen molar-refractivity contribution in [3.8, 4) is 11.4 Å². The van der Waals surface area contributed by atoms with Crippen molar-refractivity contribution in [2.45, 2.75) is 6.54 Å². The van der Waals surface area contributed by atoms with Gasteiger partial charge in [-0.1, -0.05) is 0 Å². The Morgan fingerprint density at radius 2 is 1.92 bits per heavy atom. The van der Waals surface area contributed by atoms with Crippen LogP contribution in [0.3, 0.4) is 0 Å². The van der Waals surface area contributed by atoms with Crippen molar-refractivity contribution in [3.05, 3.63) is 35.9 Å². The molecule has 1 saturated heterocycles. The van der Waals surface area contributed by atoms with E-state index in [9.17, 15) is 0 Å². The molecule has 0 saturated carbocycles. The van der Waals surface area contributed by atoms with Crippen LogP contribution in [-0.4, -0.2) is 64.9 Å². The zero-order valence-electron chi connectivity index (χ0n) is 14.9. The first kappa shape index (κ1) is 16.9. The summed E-state index contributed by atoms with van der Waals surface area (Å²) in [5, 5.41) is 3.17. The fraction of sp³-hybridized carbons (Fsp3) is 0.412. The number of anilines is 2. The highest BCUT2D eigenvalue weighted by Crippen LogP contribution is 2.23. The number of hydrogen-bond acceptors (Lipinski definition) is 8. The van der Waals surface area contributed by atoms with Gasteiger partial charge in [0.05, 0.1) is 31.0 Å². The van der Waals surface area contributed by atoms with Gasteiger partial charge in [0.25, 0.3) is 0 Å². The molecule has 1 aliphatic rings. The molecule has 4 heterocycles. The van der Waals surface area contributed by atoms with Crippen LogP contribution in [0.2, 0.25) is 0 Å². The van der Waals surface area contributed by atoms with E-state index in [1.165, 1.54) is 0 Å². The Labute approximate surface area is 156 Å². The van der Waals surface area contributed by atoms with Crippen LogP contribution in [0.25, 0.3) is 11.4 Å². The molecule has 3 aromatic rings. The van der Waals surface area contributed by atoms with Crippen molar-refractivity contribution in [1.82, 2.24) is 24.5 Å². The van der Waals surface area contributed by atoms with Gasteiger partial charge in [-0.25, -0.2) is 19.9 Å². The normalized spacial score (nSPS) is 14.6. The van der Waals surface area contributed by atoms with Gasteiger partial charge in [0.15, 0.2) is 5.13 Å². The number of imidazole rings is 1. The highest BCUT2D eigenvalue weighted by Gasteiger charge is 2.15. The summed E-state index contributed by atoms with van der Waals surface area (Å²) in [6.45, 7) is 4.01. The summed E-state index contributed by atoms with van der Waals surface area (Å²) in [6, 6.07) is 0. The minimum Gasteiger partial charge on any atom is -0.378 e. The molecule has 0 amide bonds. The maximum Gasteiger partial charge on any atom is 0.224 e. The summed E-state index contributed by atoms with van der Waals surface area (Å²) in [5.41, 5.74) is 1.92. The fourth-order valence-electron chi connectivity index (χ4n) is 2.81. The number of ether oxygens (including phenoxy) is 1. The monoisotopic (exact) mass is 371 g/mol. The molecular formula is C17H21N7OS. The molecule has 0 radical (unpaired) electrons. The molecule has 1 fully saturated rings. The number of thiazole rings is 1. The van der Waals surface area contributed by atoms with Crippen LogP contribution in [0.15, 0.2) is 30.2 Å². The van der Waals surface area contributed by atoms with Gasteiger partial charge in [-0.2, -0.15) is 0 Å². The lowest BCUT2D eigenvalue weighted by Crippen LogP contribution is -2.36. The first-order valence-corrected chi connectivity index (χ1v) is 9.36. The summed E-state index contributed by atoms with van der Waals surface area (Å²) in [6.07, 6.45) is 7.37. The SMILES string of the molecule is CN(C)c1ncc(-c2nccn2Cc2csc(N3CCOCC3)n2)cn1. The first-order valence-electron chi connectivity index (χ1n) is 8.48. The molecular weight excluding hydrogens is 350 g/mol. The zero-order valence-corrected chi connectivity index (χ0v) is 15.7. The van der Waals surface area contributed by atoms with E-state index in [0.717, 1.165) is 48.5 Å². The van der Waals surface area contributed by atoms with Crippen LogP contribution in [-0.2, 0) is 11.3 Å². The molecule has 8 nitrogen and oxygen atoms in total. The van der Waals surface area contributed by atoms with Gasteiger partial charge in [0.1, 0.15) is 5.82 Å². The van der Waals surface area contributed by atoms with Crippen molar-refractivity contribution in [1.29, 1.82) is 0 Å². The number of nitrogens with zero attached hydrogens (tertiary/aromatic N) is 7. The molecule has 0 aromatic carbocycles. The van der Waals surface area contributed by atoms with Gasteiger partial charge in [0, 0.05) is 57.4 Å². The largest absolute Gasteiger partial charge is 0.378 e. The Kier molecular flexibility index (Phi) is 4.81. The highest BCUT2D eigenvalue weighted by atomic mass is 32.1. The van der Waals surface area contributed by atoms with Crippen LogP contribution < -0.4 is 9.80 Å². The average Bonchev–Trinajstić information content (AvgIpc) is 3.33. The van der Waals surface area contributed by atoms with Crippen LogP contribution in [0.1, 0.15) is 5.69 Å². The molecule has 0 spiro atoms. The summed E-state index contributed by atoms with van der Waals surface area (Å²) in [5.74, 6) is 1.53. The van der Waals surface area contributed by atoms with Crippen molar-refractivity contribution < 1.29 is 4.74 Å². The van der Waals surface area contributed by atoms with Gasteiger partial charge in [-0.15, -0.1) is 11.3 Å². The standard InChI is InChI=1S/C17H21N7OS/c1-22(2)16-19-9-13(10-20-16)15-18-3-4-24(15)11-14-12-26-17(21-14)23-5-7-25-8-6-23/h3-4,9-10,12H,5-8,11H2,1-2H3. The summed E-state index contributed by atoms with van der Waals surface area (Å²) in [4.78, 5) is 22.2. The molecule has 0 N–H and O–H groups in total. The topological polar surface area (TPSA) is 72.2 Å². The van der Waals surface area contributed by atoms with Crippen LogP contribution in [0, 0.1) is 0 Å². The second-order valence-corrected chi connectivity index (χ2v) is 7.10. The van der Waals surface area contributed by atoms with E-state index in [4.69, 9.17) is 9.72 Å². The summed E-state index contributed by atoms with van der Waals surface area (Å²) >= 11 is 1.68. The van der Waals surface area contributed by atoms with E-state index >= 15 is 0 Å².